The fourth-order valence-corrected chi connectivity index (χ4v) is 1.19. The molecule has 0 spiro atoms. The van der Waals surface area contributed by atoms with Crippen LogP contribution in [-0.2, 0) is 11.0 Å². The smallest absolute Gasteiger partial charge is 0.326 e. The van der Waals surface area contributed by atoms with E-state index in [1.165, 1.54) is 0 Å². The van der Waals surface area contributed by atoms with Crippen molar-refractivity contribution in [1.82, 2.24) is 0 Å². The first-order valence-corrected chi connectivity index (χ1v) is 4.60. The first kappa shape index (κ1) is 7.46. The SMILES string of the molecule is [2H]C([2H])([2H])C([2H])(C(=O)Nc1ccc([N+](=O)[O-])c(C(F)(F)F)c1)C([2H])([2H])[2H]. The van der Waals surface area contributed by atoms with E-state index in [1.807, 2.05) is 0 Å². The van der Waals surface area contributed by atoms with Gasteiger partial charge in [-0.25, -0.2) is 0 Å². The summed E-state index contributed by atoms with van der Waals surface area (Å²) in [4.78, 5) is 21.4. The molecular weight excluding hydrogens is 265 g/mol. The number of halogens is 3. The Labute approximate surface area is 116 Å². The average molecular weight is 283 g/mol. The maximum absolute atomic E-state index is 12.9. The van der Waals surface area contributed by atoms with Gasteiger partial charge in [-0.15, -0.1) is 0 Å². The van der Waals surface area contributed by atoms with E-state index in [1.54, 1.807) is 5.32 Å². The van der Waals surface area contributed by atoms with E-state index in [-0.39, 0.29) is 6.07 Å². The van der Waals surface area contributed by atoms with Gasteiger partial charge in [0, 0.05) is 27.2 Å². The monoisotopic (exact) mass is 283 g/mol. The highest BCUT2D eigenvalue weighted by molar-refractivity contribution is 5.92. The number of alkyl halides is 3. The Kier molecular flexibility index (Phi) is 2.06. The van der Waals surface area contributed by atoms with E-state index in [0.717, 1.165) is 0 Å². The molecule has 1 N–H and O–H groups in total. The molecule has 0 saturated heterocycles. The second-order valence-electron chi connectivity index (χ2n) is 3.32. The van der Waals surface area contributed by atoms with Gasteiger partial charge < -0.3 is 5.32 Å². The Hall–Kier alpha value is -2.12. The molecule has 0 heterocycles. The molecule has 1 aromatic carbocycles. The largest absolute Gasteiger partial charge is 0.423 e. The Morgan fingerprint density at radius 3 is 2.63 bits per heavy atom. The number of carbonyl (C=O) groups excluding carboxylic acids is 1. The lowest BCUT2D eigenvalue weighted by Crippen LogP contribution is -2.18. The van der Waals surface area contributed by atoms with Crippen molar-refractivity contribution >= 4 is 17.3 Å². The molecule has 0 saturated carbocycles. The standard InChI is InChI=1S/C11H11F3N2O3/c1-6(2)10(17)15-7-3-4-9(16(18)19)8(5-7)11(12,13)14/h3-6H,1-2H3,(H,15,17)/i1D3,2D3,6D. The van der Waals surface area contributed by atoms with Gasteiger partial charge in [0.1, 0.15) is 5.56 Å². The molecule has 0 bridgehead atoms. The van der Waals surface area contributed by atoms with Crippen LogP contribution < -0.4 is 5.32 Å². The van der Waals surface area contributed by atoms with Crippen molar-refractivity contribution in [3.05, 3.63) is 33.9 Å². The van der Waals surface area contributed by atoms with Gasteiger partial charge in [-0.2, -0.15) is 13.2 Å². The number of rotatable bonds is 3. The van der Waals surface area contributed by atoms with E-state index in [9.17, 15) is 28.1 Å². The normalized spacial score (nSPS) is 18.8. The minimum Gasteiger partial charge on any atom is -0.326 e. The molecule has 0 atom stereocenters. The quantitative estimate of drug-likeness (QED) is 0.684. The van der Waals surface area contributed by atoms with Gasteiger partial charge in [-0.05, 0) is 12.1 Å². The predicted octanol–water partition coefficient (Wildman–Crippen LogP) is 3.21. The lowest BCUT2D eigenvalue weighted by atomic mass is 10.1. The van der Waals surface area contributed by atoms with Crippen molar-refractivity contribution in [3.8, 4) is 0 Å². The summed E-state index contributed by atoms with van der Waals surface area (Å²) in [7, 11) is 0. The summed E-state index contributed by atoms with van der Waals surface area (Å²) in [5.74, 6) is -5.57. The summed E-state index contributed by atoms with van der Waals surface area (Å²) in [6, 6.07) is 1.22. The van der Waals surface area contributed by atoms with Crippen LogP contribution in [0.15, 0.2) is 18.2 Å². The van der Waals surface area contributed by atoms with E-state index in [2.05, 4.69) is 0 Å². The second kappa shape index (κ2) is 5.25. The van der Waals surface area contributed by atoms with Crippen molar-refractivity contribution in [3.63, 3.8) is 0 Å². The fraction of sp³-hybridized carbons (Fsp3) is 0.364. The number of benzene rings is 1. The third kappa shape index (κ3) is 3.67. The third-order valence-electron chi connectivity index (χ3n) is 1.98. The number of hydrogen-bond acceptors (Lipinski definition) is 3. The zero-order valence-corrected chi connectivity index (χ0v) is 9.04. The van der Waals surface area contributed by atoms with Crippen molar-refractivity contribution in [2.45, 2.75) is 19.9 Å². The van der Waals surface area contributed by atoms with Crippen molar-refractivity contribution < 1.29 is 32.5 Å². The summed E-state index contributed by atoms with van der Waals surface area (Å²) in [5.41, 5.74) is -3.81. The Bertz CT molecular complexity index is 717. The topological polar surface area (TPSA) is 72.2 Å². The zero-order chi connectivity index (χ0) is 20.7. The van der Waals surface area contributed by atoms with Gasteiger partial charge >= 0.3 is 6.18 Å². The van der Waals surface area contributed by atoms with Crippen LogP contribution in [0.5, 0.6) is 0 Å². The molecule has 0 aliphatic rings. The summed E-state index contributed by atoms with van der Waals surface area (Å²) in [5, 5.41) is 12.3. The van der Waals surface area contributed by atoms with Gasteiger partial charge in [0.05, 0.1) is 4.92 Å². The molecule has 0 aliphatic carbocycles. The van der Waals surface area contributed by atoms with Gasteiger partial charge in [-0.3, -0.25) is 14.9 Å². The van der Waals surface area contributed by atoms with Crippen LogP contribution in [0.25, 0.3) is 0 Å². The molecule has 104 valence electrons. The molecule has 1 rings (SSSR count). The van der Waals surface area contributed by atoms with Crippen LogP contribution in [0.3, 0.4) is 0 Å². The molecule has 0 radical (unpaired) electrons. The summed E-state index contributed by atoms with van der Waals surface area (Å²) in [6.45, 7) is -7.26. The number of hydrogen-bond donors (Lipinski definition) is 1. The third-order valence-corrected chi connectivity index (χ3v) is 1.98. The first-order chi connectivity index (χ1) is 11.4. The average Bonchev–Trinajstić information content (AvgIpc) is 2.42. The summed E-state index contributed by atoms with van der Waals surface area (Å²) >= 11 is 0. The Balaban J connectivity index is 3.39. The number of nitrogens with one attached hydrogen (secondary N) is 1. The van der Waals surface area contributed by atoms with Crippen LogP contribution in [-0.4, -0.2) is 10.8 Å². The fourth-order valence-electron chi connectivity index (χ4n) is 1.19. The molecule has 8 heteroatoms. The van der Waals surface area contributed by atoms with Gasteiger partial charge in [0.25, 0.3) is 5.69 Å². The number of nitro groups is 1. The molecule has 0 aliphatic heterocycles. The number of nitro benzene ring substituents is 1. The van der Waals surface area contributed by atoms with Crippen molar-refractivity contribution in [1.29, 1.82) is 0 Å². The van der Waals surface area contributed by atoms with Crippen LogP contribution >= 0.6 is 0 Å². The number of carbonyl (C=O) groups is 1. The highest BCUT2D eigenvalue weighted by Gasteiger charge is 2.38. The summed E-state index contributed by atoms with van der Waals surface area (Å²) < 4.78 is 89.1. The maximum Gasteiger partial charge on any atom is 0.423 e. The number of nitrogens with zero attached hydrogens (tertiary/aromatic N) is 1. The minimum absolute atomic E-state index is 0.148. The lowest BCUT2D eigenvalue weighted by molar-refractivity contribution is -0.388. The first-order valence-electron chi connectivity index (χ1n) is 8.10. The van der Waals surface area contributed by atoms with Crippen LogP contribution in [0, 0.1) is 16.0 Å². The lowest BCUT2D eigenvalue weighted by Gasteiger charge is -2.11. The van der Waals surface area contributed by atoms with Crippen LogP contribution in [0.4, 0.5) is 24.5 Å². The van der Waals surface area contributed by atoms with E-state index in [4.69, 9.17) is 9.60 Å². The molecule has 0 aromatic heterocycles. The molecule has 1 aromatic rings. The molecule has 1 amide bonds. The molecular formula is C11H11F3N2O3. The van der Waals surface area contributed by atoms with Crippen LogP contribution in [0.1, 0.15) is 28.9 Å². The highest BCUT2D eigenvalue weighted by atomic mass is 19.4. The van der Waals surface area contributed by atoms with E-state index in [0.29, 0.717) is 12.1 Å². The molecule has 0 fully saturated rings. The highest BCUT2D eigenvalue weighted by Crippen LogP contribution is 2.37. The number of amides is 1. The molecule has 19 heavy (non-hydrogen) atoms. The molecule has 0 unspecified atom stereocenters. The Morgan fingerprint density at radius 2 is 2.16 bits per heavy atom. The molecule has 5 nitrogen and oxygen atoms in total. The van der Waals surface area contributed by atoms with Gasteiger partial charge in [0.15, 0.2) is 0 Å². The van der Waals surface area contributed by atoms with Crippen molar-refractivity contribution in [2.24, 2.45) is 5.89 Å². The minimum atomic E-state index is -5.17. The van der Waals surface area contributed by atoms with Crippen LogP contribution in [0.2, 0.25) is 0 Å². The van der Waals surface area contributed by atoms with E-state index < -0.39 is 53.5 Å². The van der Waals surface area contributed by atoms with Gasteiger partial charge in [-0.1, -0.05) is 13.7 Å². The maximum atomic E-state index is 12.9. The number of anilines is 1. The van der Waals surface area contributed by atoms with E-state index >= 15 is 0 Å². The summed E-state index contributed by atoms with van der Waals surface area (Å²) in [6.07, 6.45) is -5.17. The second-order valence-corrected chi connectivity index (χ2v) is 3.32. The van der Waals surface area contributed by atoms with Gasteiger partial charge in [0.2, 0.25) is 5.91 Å². The zero-order valence-electron chi connectivity index (χ0n) is 16.0. The predicted molar refractivity (Wildman–Crippen MR) is 61.6 cm³/mol. The Morgan fingerprint density at radius 1 is 1.53 bits per heavy atom. The van der Waals surface area contributed by atoms with Crippen molar-refractivity contribution in [2.75, 3.05) is 5.32 Å².